The zero-order chi connectivity index (χ0) is 19.6. The second-order valence-corrected chi connectivity index (χ2v) is 7.10. The number of guanidine groups is 1. The first-order valence-electron chi connectivity index (χ1n) is 9.33. The Kier molecular flexibility index (Phi) is 4.73. The average Bonchev–Trinajstić information content (AvgIpc) is 3.47. The van der Waals surface area contributed by atoms with Crippen LogP contribution in [-0.2, 0) is 15.0 Å². The topological polar surface area (TPSA) is 103 Å². The molecule has 7 heteroatoms. The number of aliphatic carboxylic acids is 1. The predicted octanol–water partition coefficient (Wildman–Crippen LogP) is 2.53. The molecule has 144 valence electrons. The number of para-hydroxylation sites is 1. The first-order valence-corrected chi connectivity index (χ1v) is 9.33. The van der Waals surface area contributed by atoms with E-state index in [2.05, 4.69) is 20.9 Å². The third-order valence-corrected chi connectivity index (χ3v) is 5.41. The van der Waals surface area contributed by atoms with Crippen molar-refractivity contribution in [2.45, 2.75) is 24.2 Å². The van der Waals surface area contributed by atoms with Gasteiger partial charge in [-0.05, 0) is 42.2 Å². The van der Waals surface area contributed by atoms with Crippen molar-refractivity contribution in [1.29, 1.82) is 0 Å². The van der Waals surface area contributed by atoms with Crippen molar-refractivity contribution in [2.24, 2.45) is 4.99 Å². The lowest BCUT2D eigenvalue weighted by molar-refractivity contribution is -0.140. The Morgan fingerprint density at radius 3 is 2.86 bits per heavy atom. The van der Waals surface area contributed by atoms with Crippen LogP contribution in [0.4, 0.5) is 11.4 Å². The van der Waals surface area contributed by atoms with Gasteiger partial charge in [-0.2, -0.15) is 0 Å². The number of carbonyl (C=O) groups is 2. The van der Waals surface area contributed by atoms with Crippen molar-refractivity contribution in [3.8, 4) is 0 Å². The summed E-state index contributed by atoms with van der Waals surface area (Å²) >= 11 is 0. The molecule has 4 N–H and O–H groups in total. The monoisotopic (exact) mass is 378 g/mol. The highest BCUT2D eigenvalue weighted by atomic mass is 16.4. The van der Waals surface area contributed by atoms with Crippen LogP contribution in [0.5, 0.6) is 0 Å². The lowest BCUT2D eigenvalue weighted by Crippen LogP contribution is -2.35. The quantitative estimate of drug-likeness (QED) is 0.579. The number of benzene rings is 2. The van der Waals surface area contributed by atoms with Crippen LogP contribution < -0.4 is 16.0 Å². The molecule has 2 atom stereocenters. The van der Waals surface area contributed by atoms with Gasteiger partial charge in [-0.3, -0.25) is 14.6 Å². The molecular formula is C21H22N4O3. The van der Waals surface area contributed by atoms with Gasteiger partial charge in [-0.1, -0.05) is 30.3 Å². The Hall–Kier alpha value is -3.35. The molecular weight excluding hydrogens is 356 g/mol. The second kappa shape index (κ2) is 7.34. The van der Waals surface area contributed by atoms with E-state index in [-0.39, 0.29) is 5.92 Å². The zero-order valence-corrected chi connectivity index (χ0v) is 15.3. The summed E-state index contributed by atoms with van der Waals surface area (Å²) < 4.78 is 0. The van der Waals surface area contributed by atoms with E-state index in [0.717, 1.165) is 36.7 Å². The van der Waals surface area contributed by atoms with Crippen molar-refractivity contribution in [3.63, 3.8) is 0 Å². The Labute approximate surface area is 162 Å². The first kappa shape index (κ1) is 18.0. The maximum absolute atomic E-state index is 12.3. The molecule has 0 bridgehead atoms. The Bertz CT molecular complexity index is 943. The number of anilines is 2. The van der Waals surface area contributed by atoms with Crippen LogP contribution in [0.15, 0.2) is 53.5 Å². The minimum absolute atomic E-state index is 0.164. The number of nitrogens with one attached hydrogen (secondary N) is 3. The SMILES string of the molecule is O=CNc1ccccc1C1(C(=O)O)CC1c1cccc(NC2=NCCCN2)c1. The summed E-state index contributed by atoms with van der Waals surface area (Å²) in [6.07, 6.45) is 2.08. The molecule has 2 aromatic carbocycles. The molecule has 0 saturated heterocycles. The smallest absolute Gasteiger partial charge is 0.314 e. The summed E-state index contributed by atoms with van der Waals surface area (Å²) in [6.45, 7) is 1.68. The van der Waals surface area contributed by atoms with Crippen molar-refractivity contribution >= 4 is 29.7 Å². The van der Waals surface area contributed by atoms with Crippen LogP contribution >= 0.6 is 0 Å². The molecule has 1 fully saturated rings. The van der Waals surface area contributed by atoms with Gasteiger partial charge in [0.15, 0.2) is 5.96 Å². The molecule has 28 heavy (non-hydrogen) atoms. The van der Waals surface area contributed by atoms with Gasteiger partial charge < -0.3 is 21.1 Å². The number of nitrogens with zero attached hydrogens (tertiary/aromatic N) is 1. The molecule has 1 heterocycles. The molecule has 2 aromatic rings. The summed E-state index contributed by atoms with van der Waals surface area (Å²) in [5.41, 5.74) is 1.96. The fourth-order valence-electron chi connectivity index (χ4n) is 3.96. The molecule has 1 aliphatic carbocycles. The number of hydrogen-bond donors (Lipinski definition) is 4. The largest absolute Gasteiger partial charge is 0.481 e. The summed E-state index contributed by atoms with van der Waals surface area (Å²) in [4.78, 5) is 27.6. The average molecular weight is 378 g/mol. The van der Waals surface area contributed by atoms with Gasteiger partial charge in [0.25, 0.3) is 0 Å². The van der Waals surface area contributed by atoms with E-state index < -0.39 is 11.4 Å². The number of hydrogen-bond acceptors (Lipinski definition) is 5. The van der Waals surface area contributed by atoms with Gasteiger partial charge in [0, 0.05) is 30.4 Å². The maximum Gasteiger partial charge on any atom is 0.314 e. The Morgan fingerprint density at radius 2 is 2.11 bits per heavy atom. The van der Waals surface area contributed by atoms with Gasteiger partial charge in [-0.15, -0.1) is 0 Å². The van der Waals surface area contributed by atoms with Crippen molar-refractivity contribution < 1.29 is 14.7 Å². The number of aliphatic imine (C=N–C) groups is 1. The number of amides is 1. The minimum Gasteiger partial charge on any atom is -0.481 e. The predicted molar refractivity (Wildman–Crippen MR) is 108 cm³/mol. The maximum atomic E-state index is 12.3. The molecule has 4 rings (SSSR count). The normalized spacial score (nSPS) is 23.1. The van der Waals surface area contributed by atoms with E-state index in [9.17, 15) is 14.7 Å². The van der Waals surface area contributed by atoms with Crippen molar-refractivity contribution in [2.75, 3.05) is 23.7 Å². The summed E-state index contributed by atoms with van der Waals surface area (Å²) in [5, 5.41) is 19.2. The first-order chi connectivity index (χ1) is 13.6. The van der Waals surface area contributed by atoms with Crippen LogP contribution in [0, 0.1) is 0 Å². The van der Waals surface area contributed by atoms with E-state index in [1.165, 1.54) is 0 Å². The minimum atomic E-state index is -1.04. The molecule has 0 spiro atoms. The van der Waals surface area contributed by atoms with Gasteiger partial charge in [-0.25, -0.2) is 0 Å². The van der Waals surface area contributed by atoms with Gasteiger partial charge in [0.2, 0.25) is 6.41 Å². The molecule has 1 amide bonds. The fourth-order valence-corrected chi connectivity index (χ4v) is 3.96. The van der Waals surface area contributed by atoms with Crippen LogP contribution in [0.3, 0.4) is 0 Å². The number of rotatable bonds is 6. The van der Waals surface area contributed by atoms with Crippen LogP contribution in [0.2, 0.25) is 0 Å². The van der Waals surface area contributed by atoms with Crippen LogP contribution in [0.25, 0.3) is 0 Å². The van der Waals surface area contributed by atoms with Crippen LogP contribution in [-0.4, -0.2) is 36.5 Å². The standard InChI is InChI=1S/C21H22N4O3/c26-13-24-18-8-2-1-7-16(18)21(19(27)28)12-17(21)14-5-3-6-15(11-14)25-20-22-9-4-10-23-20/h1-3,5-8,11,13,17H,4,9-10,12H2,(H,24,26)(H,27,28)(H2,22,23,25). The molecule has 2 unspecified atom stereocenters. The highest BCUT2D eigenvalue weighted by molar-refractivity contribution is 5.94. The Balaban J connectivity index is 1.63. The number of carbonyl (C=O) groups excluding carboxylic acids is 1. The molecule has 0 radical (unpaired) electrons. The van der Waals surface area contributed by atoms with E-state index in [1.807, 2.05) is 24.3 Å². The van der Waals surface area contributed by atoms with E-state index >= 15 is 0 Å². The molecule has 7 nitrogen and oxygen atoms in total. The van der Waals surface area contributed by atoms with Crippen molar-refractivity contribution in [1.82, 2.24) is 5.32 Å². The summed E-state index contributed by atoms with van der Waals surface area (Å²) in [7, 11) is 0. The zero-order valence-electron chi connectivity index (χ0n) is 15.3. The molecule has 0 aromatic heterocycles. The number of carboxylic acids is 1. The number of carboxylic acid groups (broad SMARTS) is 1. The highest BCUT2D eigenvalue weighted by Gasteiger charge is 2.63. The van der Waals surface area contributed by atoms with Gasteiger partial charge in [0.05, 0.1) is 0 Å². The lowest BCUT2D eigenvalue weighted by atomic mass is 9.89. The van der Waals surface area contributed by atoms with E-state index in [0.29, 0.717) is 24.1 Å². The lowest BCUT2D eigenvalue weighted by Gasteiger charge is -2.18. The van der Waals surface area contributed by atoms with E-state index in [1.54, 1.807) is 24.3 Å². The van der Waals surface area contributed by atoms with Crippen LogP contribution in [0.1, 0.15) is 29.9 Å². The summed E-state index contributed by atoms with van der Waals surface area (Å²) in [5.74, 6) is -0.304. The Morgan fingerprint density at radius 1 is 1.25 bits per heavy atom. The molecule has 1 aliphatic heterocycles. The van der Waals surface area contributed by atoms with Crippen molar-refractivity contribution in [3.05, 3.63) is 59.7 Å². The van der Waals surface area contributed by atoms with E-state index in [4.69, 9.17) is 0 Å². The third-order valence-electron chi connectivity index (χ3n) is 5.41. The van der Waals surface area contributed by atoms with Gasteiger partial charge in [0.1, 0.15) is 5.41 Å². The molecule has 2 aliphatic rings. The summed E-state index contributed by atoms with van der Waals surface area (Å²) in [6, 6.07) is 14.9. The molecule has 1 saturated carbocycles. The second-order valence-electron chi connectivity index (χ2n) is 7.10. The van der Waals surface area contributed by atoms with Gasteiger partial charge >= 0.3 is 5.97 Å². The third kappa shape index (κ3) is 3.19. The fraction of sp³-hybridized carbons (Fsp3) is 0.286. The highest BCUT2D eigenvalue weighted by Crippen LogP contribution is 2.62.